The molecule has 1 N–H and O–H groups in total. The Balaban J connectivity index is 2.12. The van der Waals surface area contributed by atoms with Crippen LogP contribution in [-0.2, 0) is 9.53 Å². The third-order valence-corrected chi connectivity index (χ3v) is 4.28. The van der Waals surface area contributed by atoms with Crippen LogP contribution in [0.4, 0.5) is 0 Å². The van der Waals surface area contributed by atoms with Crippen LogP contribution in [0.2, 0.25) is 0 Å². The number of hydrogen-bond donors (Lipinski definition) is 1. The zero-order valence-electron chi connectivity index (χ0n) is 10.7. The van der Waals surface area contributed by atoms with Gasteiger partial charge in [0.1, 0.15) is 5.54 Å². The van der Waals surface area contributed by atoms with Crippen molar-refractivity contribution in [3.05, 3.63) is 0 Å². The van der Waals surface area contributed by atoms with Crippen molar-refractivity contribution < 1.29 is 14.6 Å². The Kier molecular flexibility index (Phi) is 4.05. The zero-order valence-corrected chi connectivity index (χ0v) is 10.7. The van der Waals surface area contributed by atoms with Gasteiger partial charge in [0.15, 0.2) is 0 Å². The van der Waals surface area contributed by atoms with Gasteiger partial charge < -0.3 is 9.84 Å². The second-order valence-corrected chi connectivity index (χ2v) is 5.24. The lowest BCUT2D eigenvalue weighted by atomic mass is 9.79. The van der Waals surface area contributed by atoms with E-state index in [1.165, 1.54) is 6.42 Å². The summed E-state index contributed by atoms with van der Waals surface area (Å²) in [6.07, 6.45) is 6.04. The minimum Gasteiger partial charge on any atom is -0.480 e. The van der Waals surface area contributed by atoms with Gasteiger partial charge in [-0.1, -0.05) is 26.2 Å². The molecule has 0 aromatic carbocycles. The molecule has 98 valence electrons. The number of rotatable bonds is 3. The molecule has 2 rings (SSSR count). The molecular formula is C13H23NO3. The van der Waals surface area contributed by atoms with E-state index >= 15 is 0 Å². The SMILES string of the molecule is CCC1CN(C2(C(=O)O)CCCCC2)CCO1. The zero-order chi connectivity index (χ0) is 12.3. The first-order valence-corrected chi connectivity index (χ1v) is 6.79. The minimum atomic E-state index is -0.631. The summed E-state index contributed by atoms with van der Waals surface area (Å²) in [4.78, 5) is 13.9. The van der Waals surface area contributed by atoms with Gasteiger partial charge >= 0.3 is 5.97 Å². The lowest BCUT2D eigenvalue weighted by Crippen LogP contribution is -2.60. The van der Waals surface area contributed by atoms with Crippen LogP contribution in [0.5, 0.6) is 0 Å². The Morgan fingerprint density at radius 2 is 2.12 bits per heavy atom. The van der Waals surface area contributed by atoms with E-state index in [-0.39, 0.29) is 6.10 Å². The number of ether oxygens (including phenoxy) is 1. The molecule has 0 bridgehead atoms. The van der Waals surface area contributed by atoms with Gasteiger partial charge in [-0.25, -0.2) is 0 Å². The average molecular weight is 241 g/mol. The maximum absolute atomic E-state index is 11.7. The topological polar surface area (TPSA) is 49.8 Å². The van der Waals surface area contributed by atoms with Gasteiger partial charge in [-0.2, -0.15) is 0 Å². The fourth-order valence-corrected chi connectivity index (χ4v) is 3.16. The van der Waals surface area contributed by atoms with Gasteiger partial charge in [0.25, 0.3) is 0 Å². The summed E-state index contributed by atoms with van der Waals surface area (Å²) in [5.41, 5.74) is -0.602. The Hall–Kier alpha value is -0.610. The second kappa shape index (κ2) is 5.36. The van der Waals surface area contributed by atoms with Crippen LogP contribution in [0.15, 0.2) is 0 Å². The number of carboxylic acid groups (broad SMARTS) is 1. The molecule has 0 radical (unpaired) electrons. The first kappa shape index (κ1) is 12.8. The number of hydrogen-bond acceptors (Lipinski definition) is 3. The smallest absolute Gasteiger partial charge is 0.324 e. The predicted octanol–water partition coefficient (Wildman–Crippen LogP) is 1.88. The van der Waals surface area contributed by atoms with Gasteiger partial charge in [-0.05, 0) is 19.3 Å². The van der Waals surface area contributed by atoms with E-state index in [2.05, 4.69) is 11.8 Å². The number of carboxylic acids is 1. The van der Waals surface area contributed by atoms with Crippen LogP contribution in [0.1, 0.15) is 45.4 Å². The molecule has 1 aliphatic heterocycles. The van der Waals surface area contributed by atoms with Crippen LogP contribution in [0.3, 0.4) is 0 Å². The number of aliphatic carboxylic acids is 1. The molecule has 2 aliphatic rings. The molecule has 1 atom stereocenters. The molecule has 17 heavy (non-hydrogen) atoms. The highest BCUT2D eigenvalue weighted by Gasteiger charge is 2.46. The summed E-state index contributed by atoms with van der Waals surface area (Å²) in [6.45, 7) is 4.32. The number of carbonyl (C=O) groups is 1. The lowest BCUT2D eigenvalue weighted by Gasteiger charge is -2.46. The average Bonchev–Trinajstić information content (AvgIpc) is 2.39. The van der Waals surface area contributed by atoms with E-state index in [0.29, 0.717) is 6.61 Å². The normalized spacial score (nSPS) is 30.1. The number of morpholine rings is 1. The molecule has 0 aromatic heterocycles. The highest BCUT2D eigenvalue weighted by atomic mass is 16.5. The third-order valence-electron chi connectivity index (χ3n) is 4.28. The van der Waals surface area contributed by atoms with Gasteiger partial charge in [-0.15, -0.1) is 0 Å². The van der Waals surface area contributed by atoms with Crippen LogP contribution in [0, 0.1) is 0 Å². The summed E-state index contributed by atoms with van der Waals surface area (Å²) < 4.78 is 5.64. The van der Waals surface area contributed by atoms with E-state index in [4.69, 9.17) is 4.74 Å². The van der Waals surface area contributed by atoms with Gasteiger partial charge in [0, 0.05) is 13.1 Å². The molecule has 0 aromatic rings. The van der Waals surface area contributed by atoms with E-state index < -0.39 is 11.5 Å². The summed E-state index contributed by atoms with van der Waals surface area (Å²) in [5, 5.41) is 9.62. The summed E-state index contributed by atoms with van der Waals surface area (Å²) in [6, 6.07) is 0. The van der Waals surface area contributed by atoms with Gasteiger partial charge in [0.2, 0.25) is 0 Å². The molecule has 0 amide bonds. The lowest BCUT2D eigenvalue weighted by molar-refractivity contribution is -0.161. The third kappa shape index (κ3) is 2.47. The Morgan fingerprint density at radius 3 is 2.71 bits per heavy atom. The van der Waals surface area contributed by atoms with Crippen LogP contribution >= 0.6 is 0 Å². The summed E-state index contributed by atoms with van der Waals surface area (Å²) in [5.74, 6) is -0.631. The highest BCUT2D eigenvalue weighted by molar-refractivity contribution is 5.79. The van der Waals surface area contributed by atoms with Crippen molar-refractivity contribution in [3.8, 4) is 0 Å². The highest BCUT2D eigenvalue weighted by Crippen LogP contribution is 2.35. The minimum absolute atomic E-state index is 0.210. The van der Waals surface area contributed by atoms with Crippen molar-refractivity contribution in [1.29, 1.82) is 0 Å². The summed E-state index contributed by atoms with van der Waals surface area (Å²) in [7, 11) is 0. The quantitative estimate of drug-likeness (QED) is 0.819. The van der Waals surface area contributed by atoms with Crippen LogP contribution in [-0.4, -0.2) is 47.3 Å². The first-order valence-electron chi connectivity index (χ1n) is 6.79. The van der Waals surface area contributed by atoms with Crippen molar-refractivity contribution >= 4 is 5.97 Å². The largest absolute Gasteiger partial charge is 0.480 e. The maximum Gasteiger partial charge on any atom is 0.324 e. The standard InChI is InChI=1S/C13H23NO3/c1-2-11-10-14(8-9-17-11)13(12(15)16)6-4-3-5-7-13/h11H,2-10H2,1H3,(H,15,16). The molecule has 2 fully saturated rings. The molecular weight excluding hydrogens is 218 g/mol. The van der Waals surface area contributed by atoms with E-state index in [0.717, 1.165) is 45.2 Å². The first-order chi connectivity index (χ1) is 8.19. The van der Waals surface area contributed by atoms with Crippen LogP contribution in [0.25, 0.3) is 0 Å². The summed E-state index contributed by atoms with van der Waals surface area (Å²) >= 11 is 0. The Labute approximate surface area is 103 Å². The molecule has 1 aliphatic carbocycles. The van der Waals surface area contributed by atoms with Gasteiger partial charge in [-0.3, -0.25) is 9.69 Å². The maximum atomic E-state index is 11.7. The molecule has 4 nitrogen and oxygen atoms in total. The van der Waals surface area contributed by atoms with Crippen molar-refractivity contribution in [2.45, 2.75) is 57.1 Å². The van der Waals surface area contributed by atoms with E-state index in [9.17, 15) is 9.90 Å². The van der Waals surface area contributed by atoms with Crippen molar-refractivity contribution in [1.82, 2.24) is 4.90 Å². The van der Waals surface area contributed by atoms with E-state index in [1.807, 2.05) is 0 Å². The number of nitrogens with zero attached hydrogens (tertiary/aromatic N) is 1. The van der Waals surface area contributed by atoms with Gasteiger partial charge in [0.05, 0.1) is 12.7 Å². The monoisotopic (exact) mass is 241 g/mol. The Morgan fingerprint density at radius 1 is 1.41 bits per heavy atom. The molecule has 1 heterocycles. The van der Waals surface area contributed by atoms with Crippen LogP contribution < -0.4 is 0 Å². The Bertz CT molecular complexity index is 274. The molecule has 4 heteroatoms. The molecule has 1 saturated carbocycles. The molecule has 0 spiro atoms. The van der Waals surface area contributed by atoms with Crippen molar-refractivity contribution in [3.63, 3.8) is 0 Å². The fourth-order valence-electron chi connectivity index (χ4n) is 3.16. The predicted molar refractivity (Wildman–Crippen MR) is 65.1 cm³/mol. The van der Waals surface area contributed by atoms with Crippen molar-refractivity contribution in [2.24, 2.45) is 0 Å². The molecule has 1 saturated heterocycles. The fraction of sp³-hybridized carbons (Fsp3) is 0.923. The second-order valence-electron chi connectivity index (χ2n) is 5.24. The molecule has 1 unspecified atom stereocenters. The van der Waals surface area contributed by atoms with Crippen molar-refractivity contribution in [2.75, 3.05) is 19.7 Å². The van der Waals surface area contributed by atoms with E-state index in [1.54, 1.807) is 0 Å².